The number of rotatable bonds is 6. The third-order valence-corrected chi connectivity index (χ3v) is 6.02. The van der Waals surface area contributed by atoms with Gasteiger partial charge in [-0.15, -0.1) is 0 Å². The number of nitrogens with one attached hydrogen (secondary N) is 1. The molecule has 1 amide bonds. The molecule has 0 unspecified atom stereocenters. The molecule has 3 aromatic carbocycles. The van der Waals surface area contributed by atoms with Crippen LogP contribution in [0.25, 0.3) is 16.9 Å². The minimum Gasteiger partial charge on any atom is -0.457 e. The second-order valence-corrected chi connectivity index (χ2v) is 9.13. The topological polar surface area (TPSA) is 112 Å². The maximum absolute atomic E-state index is 13.9. The van der Waals surface area contributed by atoms with Gasteiger partial charge in [-0.25, -0.2) is 13.9 Å². The van der Waals surface area contributed by atoms with Crippen LogP contribution in [-0.4, -0.2) is 25.4 Å². The molecule has 1 N–H and O–H groups in total. The van der Waals surface area contributed by atoms with Crippen LogP contribution in [0, 0.1) is 29.8 Å². The van der Waals surface area contributed by atoms with Crippen molar-refractivity contribution in [1.82, 2.24) is 14.6 Å². The first-order valence-electron chi connectivity index (χ1n) is 12.0. The largest absolute Gasteiger partial charge is 0.457 e. The molecule has 13 heteroatoms. The Morgan fingerprint density at radius 1 is 1.00 bits per heavy atom. The molecule has 0 spiro atoms. The molecule has 0 aliphatic carbocycles. The van der Waals surface area contributed by atoms with Gasteiger partial charge in [-0.05, 0) is 61.4 Å². The molecule has 0 radical (unpaired) electrons. The number of aryl methyl sites for hydroxylation is 2. The molecular weight excluding hydrogens is 546 g/mol. The molecular formula is C28H19F4N5O4. The van der Waals surface area contributed by atoms with Gasteiger partial charge in [0, 0.05) is 23.8 Å². The summed E-state index contributed by atoms with van der Waals surface area (Å²) >= 11 is 0. The Hall–Kier alpha value is -5.33. The lowest BCUT2D eigenvalue weighted by Gasteiger charge is -2.11. The van der Waals surface area contributed by atoms with Crippen LogP contribution in [0.1, 0.15) is 27.3 Å². The van der Waals surface area contributed by atoms with Crippen molar-refractivity contribution in [3.05, 3.63) is 111 Å². The zero-order valence-corrected chi connectivity index (χ0v) is 21.4. The van der Waals surface area contributed by atoms with E-state index in [0.29, 0.717) is 10.3 Å². The van der Waals surface area contributed by atoms with E-state index in [2.05, 4.69) is 15.4 Å². The summed E-state index contributed by atoms with van der Waals surface area (Å²) in [5.41, 5.74) is -0.578. The summed E-state index contributed by atoms with van der Waals surface area (Å²) in [6, 6.07) is 15.5. The minimum absolute atomic E-state index is 0.0439. The third-order valence-electron chi connectivity index (χ3n) is 6.02. The van der Waals surface area contributed by atoms with E-state index >= 15 is 0 Å². The Labute approximate surface area is 229 Å². The number of carbonyl (C=O) groups is 1. The highest BCUT2D eigenvalue weighted by Gasteiger charge is 2.35. The fourth-order valence-electron chi connectivity index (χ4n) is 4.02. The smallest absolute Gasteiger partial charge is 0.433 e. The molecule has 5 aromatic rings. The van der Waals surface area contributed by atoms with Crippen molar-refractivity contribution in [3.8, 4) is 22.8 Å². The van der Waals surface area contributed by atoms with E-state index in [1.54, 1.807) is 13.0 Å². The summed E-state index contributed by atoms with van der Waals surface area (Å²) < 4.78 is 61.4. The molecule has 0 aliphatic rings. The van der Waals surface area contributed by atoms with E-state index < -0.39 is 34.2 Å². The van der Waals surface area contributed by atoms with Crippen LogP contribution in [0.2, 0.25) is 0 Å². The van der Waals surface area contributed by atoms with Crippen molar-refractivity contribution in [2.75, 3.05) is 5.32 Å². The summed E-state index contributed by atoms with van der Waals surface area (Å²) in [5.74, 6) is -1.00. The van der Waals surface area contributed by atoms with Gasteiger partial charge < -0.3 is 10.1 Å². The van der Waals surface area contributed by atoms with E-state index in [4.69, 9.17) is 4.74 Å². The summed E-state index contributed by atoms with van der Waals surface area (Å²) in [6.45, 7) is 3.64. The highest BCUT2D eigenvalue weighted by atomic mass is 19.4. The second-order valence-electron chi connectivity index (χ2n) is 9.13. The number of nitrogens with zero attached hydrogens (tertiary/aromatic N) is 4. The Morgan fingerprint density at radius 3 is 2.41 bits per heavy atom. The number of anilines is 1. The molecule has 41 heavy (non-hydrogen) atoms. The number of nitro groups is 1. The summed E-state index contributed by atoms with van der Waals surface area (Å²) in [5, 5.41) is 17.8. The van der Waals surface area contributed by atoms with Crippen LogP contribution in [0.15, 0.2) is 72.8 Å². The maximum Gasteiger partial charge on any atom is 0.433 e. The molecule has 0 fully saturated rings. The van der Waals surface area contributed by atoms with E-state index in [-0.39, 0.29) is 34.0 Å². The number of ether oxygens (including phenoxy) is 1. The van der Waals surface area contributed by atoms with Crippen molar-refractivity contribution >= 4 is 22.9 Å². The van der Waals surface area contributed by atoms with E-state index in [1.165, 1.54) is 24.3 Å². The lowest BCUT2D eigenvalue weighted by Crippen LogP contribution is -2.16. The first-order valence-corrected chi connectivity index (χ1v) is 12.0. The number of benzene rings is 3. The Bertz CT molecular complexity index is 1820. The molecule has 0 saturated heterocycles. The van der Waals surface area contributed by atoms with Gasteiger partial charge in [0.1, 0.15) is 17.3 Å². The molecule has 5 rings (SSSR count). The molecule has 0 bridgehead atoms. The van der Waals surface area contributed by atoms with Crippen LogP contribution in [-0.2, 0) is 6.18 Å². The highest BCUT2D eigenvalue weighted by molar-refractivity contribution is 6.03. The maximum atomic E-state index is 13.9. The lowest BCUT2D eigenvalue weighted by molar-refractivity contribution is -0.384. The number of hydrogen-bond acceptors (Lipinski definition) is 6. The van der Waals surface area contributed by atoms with Gasteiger partial charge in [0.05, 0.1) is 22.4 Å². The van der Waals surface area contributed by atoms with Gasteiger partial charge in [-0.3, -0.25) is 14.9 Å². The lowest BCUT2D eigenvalue weighted by atomic mass is 10.1. The van der Waals surface area contributed by atoms with Crippen LogP contribution < -0.4 is 10.1 Å². The fraction of sp³-hybridized carbons (Fsp3) is 0.107. The van der Waals surface area contributed by atoms with Crippen LogP contribution in [0.5, 0.6) is 11.5 Å². The predicted octanol–water partition coefficient (Wildman–Crippen LogP) is 7.12. The summed E-state index contributed by atoms with van der Waals surface area (Å²) in [6.07, 6.45) is -4.87. The quantitative estimate of drug-likeness (QED) is 0.133. The first-order chi connectivity index (χ1) is 19.4. The van der Waals surface area contributed by atoms with Gasteiger partial charge in [-0.1, -0.05) is 12.1 Å². The van der Waals surface area contributed by atoms with Gasteiger partial charge in [0.15, 0.2) is 17.0 Å². The zero-order chi connectivity index (χ0) is 29.5. The number of carbonyl (C=O) groups excluding carboxylic acids is 1. The SMILES string of the molecule is Cc1ccc(C)c(Oc2cc(NC(=O)c3cc4nc(-c5ccc(F)cc5)cc(C(F)(F)F)n4n3)cc([N+](=O)[O-])c2)c1. The van der Waals surface area contributed by atoms with E-state index in [1.807, 2.05) is 19.1 Å². The normalized spacial score (nSPS) is 11.5. The zero-order valence-electron chi connectivity index (χ0n) is 21.4. The third kappa shape index (κ3) is 5.83. The number of aromatic nitrogens is 3. The average Bonchev–Trinajstić information content (AvgIpc) is 3.34. The Balaban J connectivity index is 1.50. The highest BCUT2D eigenvalue weighted by Crippen LogP contribution is 2.34. The number of non-ortho nitro benzene ring substituents is 1. The van der Waals surface area contributed by atoms with Gasteiger partial charge in [-0.2, -0.15) is 18.3 Å². The molecule has 2 heterocycles. The van der Waals surface area contributed by atoms with Crippen LogP contribution >= 0.6 is 0 Å². The van der Waals surface area contributed by atoms with Gasteiger partial charge >= 0.3 is 6.18 Å². The molecule has 208 valence electrons. The van der Waals surface area contributed by atoms with Crippen molar-refractivity contribution in [1.29, 1.82) is 0 Å². The van der Waals surface area contributed by atoms with Crippen LogP contribution in [0.3, 0.4) is 0 Å². The molecule has 0 aliphatic heterocycles. The van der Waals surface area contributed by atoms with Crippen LogP contribution in [0.4, 0.5) is 28.9 Å². The second kappa shape index (κ2) is 10.3. The van der Waals surface area contributed by atoms with Gasteiger partial charge in [0.25, 0.3) is 11.6 Å². The van der Waals surface area contributed by atoms with Crippen molar-refractivity contribution in [2.45, 2.75) is 20.0 Å². The predicted molar refractivity (Wildman–Crippen MR) is 140 cm³/mol. The summed E-state index contributed by atoms with van der Waals surface area (Å²) in [7, 11) is 0. The van der Waals surface area contributed by atoms with Crippen molar-refractivity contribution < 1.29 is 32.0 Å². The van der Waals surface area contributed by atoms with E-state index in [9.17, 15) is 32.5 Å². The minimum atomic E-state index is -4.87. The van der Waals surface area contributed by atoms with E-state index in [0.717, 1.165) is 41.5 Å². The Kier molecular flexibility index (Phi) is 6.87. The average molecular weight is 565 g/mol. The number of nitro benzene ring substituents is 1. The standard InChI is InChI=1S/C28H19F4N5O4/c1-15-3-4-16(2)24(9-15)41-21-11-19(10-20(12-21)37(39)40)33-27(38)23-14-26-34-22(17-5-7-18(29)8-6-17)13-25(28(30,31)32)36(26)35-23/h3-14H,1-2H3,(H,33,38). The molecule has 0 saturated carbocycles. The monoisotopic (exact) mass is 565 g/mol. The number of hydrogen-bond donors (Lipinski definition) is 1. The molecule has 0 atom stereocenters. The number of alkyl halides is 3. The molecule has 2 aromatic heterocycles. The summed E-state index contributed by atoms with van der Waals surface area (Å²) in [4.78, 5) is 28.1. The Morgan fingerprint density at radius 2 is 1.73 bits per heavy atom. The fourth-order valence-corrected chi connectivity index (χ4v) is 4.02. The first kappa shape index (κ1) is 27.2. The number of halogens is 4. The number of fused-ring (bicyclic) bond motifs is 1. The number of amides is 1. The van der Waals surface area contributed by atoms with Crippen molar-refractivity contribution in [2.24, 2.45) is 0 Å². The van der Waals surface area contributed by atoms with Crippen molar-refractivity contribution in [3.63, 3.8) is 0 Å². The molecule has 9 nitrogen and oxygen atoms in total. The van der Waals surface area contributed by atoms with Gasteiger partial charge in [0.2, 0.25) is 0 Å².